The number of benzene rings is 1. The molecule has 2 rings (SSSR count). The molecule has 1 aromatic rings. The Labute approximate surface area is 112 Å². The number of carbonyl (C=O) groups excluding carboxylic acids is 1. The van der Waals surface area contributed by atoms with E-state index in [0.29, 0.717) is 13.2 Å². The minimum absolute atomic E-state index is 0.0385. The van der Waals surface area contributed by atoms with Crippen molar-refractivity contribution in [1.82, 2.24) is 5.32 Å². The van der Waals surface area contributed by atoms with Crippen LogP contribution in [0, 0.1) is 5.41 Å². The van der Waals surface area contributed by atoms with E-state index in [1.54, 1.807) is 7.11 Å². The van der Waals surface area contributed by atoms with E-state index >= 15 is 0 Å². The average Bonchev–Trinajstić information content (AvgIpc) is 3.17. The summed E-state index contributed by atoms with van der Waals surface area (Å²) >= 11 is 0. The van der Waals surface area contributed by atoms with Crippen molar-refractivity contribution in [3.05, 3.63) is 23.8 Å². The molecule has 1 saturated carbocycles. The van der Waals surface area contributed by atoms with Crippen LogP contribution < -0.4 is 5.32 Å². The highest BCUT2D eigenvalue weighted by atomic mass is 16.5. The maximum atomic E-state index is 12.0. The Hall–Kier alpha value is -1.75. The molecule has 0 atom stereocenters. The molecule has 3 N–H and O–H groups in total. The van der Waals surface area contributed by atoms with Gasteiger partial charge in [-0.3, -0.25) is 4.79 Å². The fraction of sp³-hybridized carbons (Fsp3) is 0.500. The fourth-order valence-corrected chi connectivity index (χ4v) is 2.08. The van der Waals surface area contributed by atoms with Crippen LogP contribution in [-0.2, 0) is 4.74 Å². The van der Waals surface area contributed by atoms with Crippen LogP contribution in [0.25, 0.3) is 0 Å². The van der Waals surface area contributed by atoms with Gasteiger partial charge in [-0.05, 0) is 42.9 Å². The van der Waals surface area contributed by atoms with Gasteiger partial charge < -0.3 is 20.3 Å². The summed E-state index contributed by atoms with van der Waals surface area (Å²) in [6.45, 7) is 1.26. The topological polar surface area (TPSA) is 78.8 Å². The summed E-state index contributed by atoms with van der Waals surface area (Å²) in [6, 6.07) is 3.91. The highest BCUT2D eigenvalue weighted by molar-refractivity contribution is 5.97. The van der Waals surface area contributed by atoms with Crippen LogP contribution in [0.1, 0.15) is 29.6 Å². The number of hydrogen-bond donors (Lipinski definition) is 3. The van der Waals surface area contributed by atoms with Gasteiger partial charge in [-0.1, -0.05) is 0 Å². The zero-order valence-corrected chi connectivity index (χ0v) is 11.0. The van der Waals surface area contributed by atoms with Crippen LogP contribution >= 0.6 is 0 Å². The van der Waals surface area contributed by atoms with Gasteiger partial charge in [-0.2, -0.15) is 0 Å². The smallest absolute Gasteiger partial charge is 0.255 e. The Morgan fingerprint density at radius 1 is 1.42 bits per heavy atom. The molecule has 1 aromatic carbocycles. The third-order valence-corrected chi connectivity index (χ3v) is 3.64. The number of hydrogen-bond acceptors (Lipinski definition) is 4. The predicted molar refractivity (Wildman–Crippen MR) is 70.3 cm³/mol. The maximum absolute atomic E-state index is 12.0. The lowest BCUT2D eigenvalue weighted by molar-refractivity contribution is 0.0935. The van der Waals surface area contributed by atoms with Crippen molar-refractivity contribution in [3.63, 3.8) is 0 Å². The van der Waals surface area contributed by atoms with Gasteiger partial charge >= 0.3 is 0 Å². The van der Waals surface area contributed by atoms with Crippen LogP contribution in [0.4, 0.5) is 0 Å². The number of aromatic hydroxyl groups is 2. The molecular weight excluding hydrogens is 246 g/mol. The Bertz CT molecular complexity index is 469. The van der Waals surface area contributed by atoms with E-state index in [2.05, 4.69) is 5.32 Å². The van der Waals surface area contributed by atoms with Gasteiger partial charge in [0.1, 0.15) is 11.5 Å². The maximum Gasteiger partial charge on any atom is 0.255 e. The second-order valence-corrected chi connectivity index (χ2v) is 5.13. The molecule has 0 spiro atoms. The van der Waals surface area contributed by atoms with E-state index in [0.717, 1.165) is 19.3 Å². The van der Waals surface area contributed by atoms with Crippen molar-refractivity contribution in [3.8, 4) is 11.5 Å². The molecule has 5 heteroatoms. The van der Waals surface area contributed by atoms with Gasteiger partial charge in [0, 0.05) is 20.3 Å². The van der Waals surface area contributed by atoms with Gasteiger partial charge in [0.2, 0.25) is 0 Å². The highest BCUT2D eigenvalue weighted by Gasteiger charge is 2.42. The predicted octanol–water partition coefficient (Wildman–Crippen LogP) is 1.64. The first-order valence-corrected chi connectivity index (χ1v) is 6.35. The number of carbonyl (C=O) groups is 1. The molecule has 1 fully saturated rings. The number of phenolic OH excluding ortho intramolecular Hbond substituents is 2. The van der Waals surface area contributed by atoms with Crippen molar-refractivity contribution in [2.24, 2.45) is 5.41 Å². The second-order valence-electron chi connectivity index (χ2n) is 5.13. The normalized spacial score (nSPS) is 16.1. The number of nitrogens with one attached hydrogen (secondary N) is 1. The van der Waals surface area contributed by atoms with Gasteiger partial charge in [-0.25, -0.2) is 0 Å². The fourth-order valence-electron chi connectivity index (χ4n) is 2.08. The molecule has 5 nitrogen and oxygen atoms in total. The van der Waals surface area contributed by atoms with E-state index in [1.807, 2.05) is 0 Å². The second kappa shape index (κ2) is 5.48. The molecule has 0 radical (unpaired) electrons. The Kier molecular flexibility index (Phi) is 3.95. The molecule has 0 bridgehead atoms. The van der Waals surface area contributed by atoms with E-state index < -0.39 is 0 Å². The van der Waals surface area contributed by atoms with Gasteiger partial charge in [0.25, 0.3) is 5.91 Å². The summed E-state index contributed by atoms with van der Waals surface area (Å²) in [7, 11) is 1.67. The van der Waals surface area contributed by atoms with Gasteiger partial charge in [0.05, 0.1) is 5.56 Å². The minimum Gasteiger partial charge on any atom is -0.508 e. The van der Waals surface area contributed by atoms with E-state index in [4.69, 9.17) is 4.74 Å². The third-order valence-electron chi connectivity index (χ3n) is 3.64. The van der Waals surface area contributed by atoms with Crippen LogP contribution in [0.15, 0.2) is 18.2 Å². The number of phenols is 2. The van der Waals surface area contributed by atoms with Crippen LogP contribution in [0.2, 0.25) is 0 Å². The Morgan fingerprint density at radius 3 is 2.79 bits per heavy atom. The molecule has 0 saturated heterocycles. The van der Waals surface area contributed by atoms with Crippen molar-refractivity contribution in [2.45, 2.75) is 19.3 Å². The molecule has 104 valence electrons. The van der Waals surface area contributed by atoms with Crippen molar-refractivity contribution >= 4 is 5.91 Å². The summed E-state index contributed by atoms with van der Waals surface area (Å²) in [5.74, 6) is -0.530. The molecule has 0 heterocycles. The molecule has 0 aromatic heterocycles. The van der Waals surface area contributed by atoms with Crippen molar-refractivity contribution in [2.75, 3.05) is 20.3 Å². The molecule has 1 aliphatic carbocycles. The molecule has 1 amide bonds. The largest absolute Gasteiger partial charge is 0.508 e. The zero-order valence-electron chi connectivity index (χ0n) is 11.0. The molecular formula is C14H19NO4. The number of methoxy groups -OCH3 is 1. The molecule has 0 unspecified atom stereocenters. The first-order chi connectivity index (χ1) is 9.06. The SMILES string of the molecule is COCCC1(CNC(=O)c2cc(O)ccc2O)CC1. The number of rotatable bonds is 6. The van der Waals surface area contributed by atoms with E-state index in [-0.39, 0.29) is 28.4 Å². The molecule has 19 heavy (non-hydrogen) atoms. The highest BCUT2D eigenvalue weighted by Crippen LogP contribution is 2.48. The van der Waals surface area contributed by atoms with Crippen LogP contribution in [0.3, 0.4) is 0 Å². The lowest BCUT2D eigenvalue weighted by Gasteiger charge is -2.15. The zero-order chi connectivity index (χ0) is 13.9. The monoisotopic (exact) mass is 265 g/mol. The number of amides is 1. The van der Waals surface area contributed by atoms with E-state index in [1.165, 1.54) is 18.2 Å². The lowest BCUT2D eigenvalue weighted by Crippen LogP contribution is -2.30. The first-order valence-electron chi connectivity index (χ1n) is 6.35. The first kappa shape index (κ1) is 13.7. The number of ether oxygens (including phenoxy) is 1. The standard InChI is InChI=1S/C14H19NO4/c1-19-7-6-14(4-5-14)9-15-13(18)11-8-10(16)2-3-12(11)17/h2-3,8,16-17H,4-7,9H2,1H3,(H,15,18). The summed E-state index contributed by atoms with van der Waals surface area (Å²) in [6.07, 6.45) is 3.10. The van der Waals surface area contributed by atoms with Gasteiger partial charge in [0.15, 0.2) is 0 Å². The van der Waals surface area contributed by atoms with Crippen LogP contribution in [-0.4, -0.2) is 36.4 Å². The summed E-state index contributed by atoms with van der Waals surface area (Å²) in [5, 5.41) is 21.7. The summed E-state index contributed by atoms with van der Waals surface area (Å²) < 4.78 is 5.06. The molecule has 0 aliphatic heterocycles. The quantitative estimate of drug-likeness (QED) is 0.683. The van der Waals surface area contributed by atoms with Crippen molar-refractivity contribution in [1.29, 1.82) is 0 Å². The van der Waals surface area contributed by atoms with E-state index in [9.17, 15) is 15.0 Å². The van der Waals surface area contributed by atoms with Crippen molar-refractivity contribution < 1.29 is 19.7 Å². The molecule has 1 aliphatic rings. The third kappa shape index (κ3) is 3.38. The Balaban J connectivity index is 1.93. The lowest BCUT2D eigenvalue weighted by atomic mass is 10.0. The minimum atomic E-state index is -0.364. The summed E-state index contributed by atoms with van der Waals surface area (Å²) in [5.41, 5.74) is 0.250. The Morgan fingerprint density at radius 2 is 2.16 bits per heavy atom. The summed E-state index contributed by atoms with van der Waals surface area (Å²) in [4.78, 5) is 12.0. The van der Waals surface area contributed by atoms with Gasteiger partial charge in [-0.15, -0.1) is 0 Å². The van der Waals surface area contributed by atoms with Crippen LogP contribution in [0.5, 0.6) is 11.5 Å². The average molecular weight is 265 g/mol.